The van der Waals surface area contributed by atoms with Gasteiger partial charge in [0, 0.05) is 7.05 Å². The molecule has 0 saturated heterocycles. The molecule has 0 aliphatic carbocycles. The Balaban J connectivity index is 2.59. The molecule has 2 aromatic heterocycles. The fraction of sp³-hybridized carbons (Fsp3) is 0.182. The highest BCUT2D eigenvalue weighted by molar-refractivity contribution is 6.00. The molecular formula is C11H11N5O. The summed E-state index contributed by atoms with van der Waals surface area (Å²) in [5.74, 6) is 0.429. The third-order valence-corrected chi connectivity index (χ3v) is 2.92. The number of H-pyrrole nitrogens is 1. The van der Waals surface area contributed by atoms with E-state index in [2.05, 4.69) is 15.0 Å². The Morgan fingerprint density at radius 3 is 2.82 bits per heavy atom. The standard InChI is InChI=1S/C11H11N5O/c1-5-10(17)14-6-3-4-7-9(8(6)13-5)15-11(12)16(7)2/h3-4H,1-2H3,(H2,12,15)(H,14,17). The van der Waals surface area contributed by atoms with Gasteiger partial charge in [0.05, 0.1) is 11.0 Å². The third-order valence-electron chi connectivity index (χ3n) is 2.92. The molecule has 0 spiro atoms. The molecule has 0 aliphatic rings. The summed E-state index contributed by atoms with van der Waals surface area (Å²) < 4.78 is 1.79. The van der Waals surface area contributed by atoms with E-state index in [1.807, 2.05) is 19.2 Å². The fourth-order valence-corrected chi connectivity index (χ4v) is 1.91. The van der Waals surface area contributed by atoms with Crippen molar-refractivity contribution in [1.29, 1.82) is 0 Å². The summed E-state index contributed by atoms with van der Waals surface area (Å²) >= 11 is 0. The van der Waals surface area contributed by atoms with Crippen molar-refractivity contribution < 1.29 is 0 Å². The molecule has 17 heavy (non-hydrogen) atoms. The minimum Gasteiger partial charge on any atom is -0.369 e. The molecular weight excluding hydrogens is 218 g/mol. The molecule has 3 aromatic rings. The minimum absolute atomic E-state index is 0.180. The lowest BCUT2D eigenvalue weighted by Crippen LogP contribution is -2.11. The Hall–Kier alpha value is -2.37. The molecule has 3 rings (SSSR count). The molecule has 0 amide bonds. The molecule has 86 valence electrons. The summed E-state index contributed by atoms with van der Waals surface area (Å²) in [5, 5.41) is 0. The number of nitrogens with zero attached hydrogens (tertiary/aromatic N) is 3. The number of hydrogen-bond acceptors (Lipinski definition) is 4. The molecule has 0 fully saturated rings. The van der Waals surface area contributed by atoms with E-state index < -0.39 is 0 Å². The van der Waals surface area contributed by atoms with E-state index in [1.54, 1.807) is 11.5 Å². The van der Waals surface area contributed by atoms with Gasteiger partial charge in [-0.25, -0.2) is 9.97 Å². The van der Waals surface area contributed by atoms with E-state index >= 15 is 0 Å². The average molecular weight is 229 g/mol. The Morgan fingerprint density at radius 2 is 2.06 bits per heavy atom. The number of nitrogen functional groups attached to an aromatic ring is 1. The number of hydrogen-bond donors (Lipinski definition) is 2. The smallest absolute Gasteiger partial charge is 0.269 e. The lowest BCUT2D eigenvalue weighted by Gasteiger charge is -2.00. The van der Waals surface area contributed by atoms with Gasteiger partial charge in [-0.3, -0.25) is 4.79 Å². The quantitative estimate of drug-likeness (QED) is 0.593. The zero-order valence-corrected chi connectivity index (χ0v) is 9.48. The van der Waals surface area contributed by atoms with Crippen molar-refractivity contribution in [2.45, 2.75) is 6.92 Å². The first-order chi connectivity index (χ1) is 8.08. The normalized spacial score (nSPS) is 11.4. The number of benzene rings is 1. The van der Waals surface area contributed by atoms with Gasteiger partial charge in [0.25, 0.3) is 5.56 Å². The van der Waals surface area contributed by atoms with Gasteiger partial charge >= 0.3 is 0 Å². The van der Waals surface area contributed by atoms with Crippen LogP contribution in [0, 0.1) is 6.92 Å². The van der Waals surface area contributed by atoms with E-state index in [-0.39, 0.29) is 5.56 Å². The van der Waals surface area contributed by atoms with Crippen LogP contribution in [0.15, 0.2) is 16.9 Å². The maximum Gasteiger partial charge on any atom is 0.269 e. The zero-order chi connectivity index (χ0) is 12.2. The molecule has 0 radical (unpaired) electrons. The zero-order valence-electron chi connectivity index (χ0n) is 9.48. The topological polar surface area (TPSA) is 89.6 Å². The van der Waals surface area contributed by atoms with Crippen LogP contribution < -0.4 is 11.3 Å². The highest BCUT2D eigenvalue weighted by Gasteiger charge is 2.10. The maximum absolute atomic E-state index is 11.5. The average Bonchev–Trinajstić information content (AvgIpc) is 2.58. The summed E-state index contributed by atoms with van der Waals surface area (Å²) in [7, 11) is 1.84. The molecule has 6 heteroatoms. The number of nitrogens with two attached hydrogens (primary N) is 1. The van der Waals surface area contributed by atoms with Gasteiger partial charge in [0.2, 0.25) is 5.95 Å². The summed E-state index contributed by atoms with van der Waals surface area (Å²) in [6.45, 7) is 1.67. The van der Waals surface area contributed by atoms with Crippen molar-refractivity contribution in [1.82, 2.24) is 19.5 Å². The molecule has 1 aromatic carbocycles. The highest BCUT2D eigenvalue weighted by atomic mass is 16.1. The predicted octanol–water partition coefficient (Wildman–Crippen LogP) is 0.700. The number of aromatic amines is 1. The van der Waals surface area contributed by atoms with E-state index in [9.17, 15) is 4.79 Å². The van der Waals surface area contributed by atoms with Gasteiger partial charge in [-0.05, 0) is 19.1 Å². The predicted molar refractivity (Wildman–Crippen MR) is 65.8 cm³/mol. The number of imidazole rings is 1. The molecule has 3 N–H and O–H groups in total. The van der Waals surface area contributed by atoms with E-state index in [0.717, 1.165) is 5.52 Å². The van der Waals surface area contributed by atoms with E-state index in [4.69, 9.17) is 5.73 Å². The van der Waals surface area contributed by atoms with Crippen LogP contribution in [0.4, 0.5) is 5.95 Å². The number of rotatable bonds is 0. The molecule has 0 aliphatic heterocycles. The maximum atomic E-state index is 11.5. The highest BCUT2D eigenvalue weighted by Crippen LogP contribution is 2.22. The number of nitrogens with one attached hydrogen (secondary N) is 1. The molecule has 0 saturated carbocycles. The van der Waals surface area contributed by atoms with Crippen LogP contribution >= 0.6 is 0 Å². The first-order valence-corrected chi connectivity index (χ1v) is 5.19. The van der Waals surface area contributed by atoms with Crippen LogP contribution in [0.1, 0.15) is 5.69 Å². The van der Waals surface area contributed by atoms with Crippen LogP contribution in [0.5, 0.6) is 0 Å². The van der Waals surface area contributed by atoms with Gasteiger partial charge in [-0.15, -0.1) is 0 Å². The van der Waals surface area contributed by atoms with Crippen molar-refractivity contribution in [3.05, 3.63) is 28.2 Å². The van der Waals surface area contributed by atoms with Gasteiger partial charge in [-0.1, -0.05) is 0 Å². The van der Waals surface area contributed by atoms with Gasteiger partial charge in [0.15, 0.2) is 0 Å². The second-order valence-electron chi connectivity index (χ2n) is 4.01. The Bertz CT molecular complexity index is 799. The fourth-order valence-electron chi connectivity index (χ4n) is 1.91. The molecule has 6 nitrogen and oxygen atoms in total. The van der Waals surface area contributed by atoms with Crippen LogP contribution in [0.3, 0.4) is 0 Å². The van der Waals surface area contributed by atoms with Crippen molar-refractivity contribution >= 4 is 28.0 Å². The molecule has 2 heterocycles. The van der Waals surface area contributed by atoms with Crippen LogP contribution in [-0.2, 0) is 7.05 Å². The van der Waals surface area contributed by atoms with Gasteiger partial charge in [-0.2, -0.15) is 0 Å². The monoisotopic (exact) mass is 229 g/mol. The summed E-state index contributed by atoms with van der Waals surface area (Å²) in [6.07, 6.45) is 0. The van der Waals surface area contributed by atoms with Crippen molar-refractivity contribution in [2.75, 3.05) is 5.73 Å². The van der Waals surface area contributed by atoms with E-state index in [0.29, 0.717) is 28.2 Å². The second kappa shape index (κ2) is 3.07. The van der Waals surface area contributed by atoms with Crippen molar-refractivity contribution in [3.8, 4) is 0 Å². The number of aromatic nitrogens is 4. The first-order valence-electron chi connectivity index (χ1n) is 5.19. The van der Waals surface area contributed by atoms with Crippen molar-refractivity contribution in [3.63, 3.8) is 0 Å². The summed E-state index contributed by atoms with van der Waals surface area (Å²) in [6, 6.07) is 3.68. The largest absolute Gasteiger partial charge is 0.369 e. The van der Waals surface area contributed by atoms with Gasteiger partial charge in [0.1, 0.15) is 16.7 Å². The molecule has 0 atom stereocenters. The molecule has 0 unspecified atom stereocenters. The number of anilines is 1. The summed E-state index contributed by atoms with van der Waals surface area (Å²) in [5.41, 5.74) is 8.96. The van der Waals surface area contributed by atoms with Gasteiger partial charge < -0.3 is 15.3 Å². The Kier molecular flexibility index (Phi) is 1.77. The number of fused-ring (bicyclic) bond motifs is 3. The van der Waals surface area contributed by atoms with Crippen LogP contribution in [0.2, 0.25) is 0 Å². The lowest BCUT2D eigenvalue weighted by atomic mass is 10.2. The second-order valence-corrected chi connectivity index (χ2v) is 4.01. The number of aryl methyl sites for hydroxylation is 2. The van der Waals surface area contributed by atoms with Crippen LogP contribution in [0.25, 0.3) is 22.1 Å². The SMILES string of the molecule is Cc1nc2c(ccc3c2nc(N)n3C)[nH]c1=O. The molecule has 0 bridgehead atoms. The van der Waals surface area contributed by atoms with Crippen LogP contribution in [-0.4, -0.2) is 19.5 Å². The van der Waals surface area contributed by atoms with Crippen molar-refractivity contribution in [2.24, 2.45) is 7.05 Å². The minimum atomic E-state index is -0.180. The first kappa shape index (κ1) is 9.83. The van der Waals surface area contributed by atoms with E-state index in [1.165, 1.54) is 0 Å². The Labute approximate surface area is 96.1 Å². The lowest BCUT2D eigenvalue weighted by molar-refractivity contribution is 0.965. The summed E-state index contributed by atoms with van der Waals surface area (Å²) in [4.78, 5) is 22.8. The Morgan fingerprint density at radius 1 is 1.29 bits per heavy atom. The third kappa shape index (κ3) is 1.24.